The van der Waals surface area contributed by atoms with E-state index in [1.165, 1.54) is 0 Å². The van der Waals surface area contributed by atoms with Crippen molar-refractivity contribution < 1.29 is 4.74 Å². The van der Waals surface area contributed by atoms with Gasteiger partial charge in [0.25, 0.3) is 0 Å². The van der Waals surface area contributed by atoms with Gasteiger partial charge in [0.15, 0.2) is 5.60 Å². The fraction of sp³-hybridized carbons (Fsp3) is 0.300. The van der Waals surface area contributed by atoms with E-state index in [-0.39, 0.29) is 0 Å². The predicted molar refractivity (Wildman–Crippen MR) is 55.5 cm³/mol. The van der Waals surface area contributed by atoms with E-state index in [1.807, 2.05) is 19.9 Å². The highest BCUT2D eigenvalue weighted by molar-refractivity contribution is 9.10. The van der Waals surface area contributed by atoms with Gasteiger partial charge in [-0.25, -0.2) is 4.98 Å². The lowest BCUT2D eigenvalue weighted by Gasteiger charge is -2.18. The second-order valence-corrected chi connectivity index (χ2v) is 3.99. The molecule has 2 nitrogen and oxygen atoms in total. The molecule has 0 fully saturated rings. The summed E-state index contributed by atoms with van der Waals surface area (Å²) in [6, 6.07) is 3.62. The Morgan fingerprint density at radius 2 is 2.23 bits per heavy atom. The molecular weight excluding hydrogens is 230 g/mol. The van der Waals surface area contributed by atoms with Gasteiger partial charge in [0.05, 0.1) is 0 Å². The van der Waals surface area contributed by atoms with Crippen molar-refractivity contribution in [1.29, 1.82) is 0 Å². The summed E-state index contributed by atoms with van der Waals surface area (Å²) in [4.78, 5) is 4.05. The van der Waals surface area contributed by atoms with Crippen molar-refractivity contribution in [3.63, 3.8) is 0 Å². The Morgan fingerprint density at radius 1 is 1.54 bits per heavy atom. The van der Waals surface area contributed by atoms with Crippen LogP contribution in [-0.4, -0.2) is 10.6 Å². The quantitative estimate of drug-likeness (QED) is 0.741. The summed E-state index contributed by atoms with van der Waals surface area (Å²) < 4.78 is 6.35. The summed E-state index contributed by atoms with van der Waals surface area (Å²) in [6.07, 6.45) is 6.94. The lowest BCUT2D eigenvalue weighted by molar-refractivity contribution is 0.164. The normalized spacial score (nSPS) is 10.6. The SMILES string of the molecule is C#CC(C)(C)Oc1ccc(Br)cn1. The first-order chi connectivity index (χ1) is 6.03. The van der Waals surface area contributed by atoms with Gasteiger partial charge in [0.1, 0.15) is 0 Å². The fourth-order valence-electron chi connectivity index (χ4n) is 0.714. The number of rotatable bonds is 2. The maximum Gasteiger partial charge on any atom is 0.214 e. The van der Waals surface area contributed by atoms with Crippen LogP contribution in [0.2, 0.25) is 0 Å². The summed E-state index contributed by atoms with van der Waals surface area (Å²) in [5, 5.41) is 0. The molecule has 0 bridgehead atoms. The Labute approximate surface area is 86.5 Å². The van der Waals surface area contributed by atoms with Crippen LogP contribution in [0.15, 0.2) is 22.8 Å². The first kappa shape index (κ1) is 10.1. The van der Waals surface area contributed by atoms with E-state index in [0.717, 1.165) is 4.47 Å². The summed E-state index contributed by atoms with van der Waals surface area (Å²) in [5.41, 5.74) is -0.610. The molecule has 0 saturated heterocycles. The van der Waals surface area contributed by atoms with Crippen molar-refractivity contribution >= 4 is 15.9 Å². The van der Waals surface area contributed by atoms with Crippen molar-refractivity contribution in [3.8, 4) is 18.2 Å². The summed E-state index contributed by atoms with van der Waals surface area (Å²) >= 11 is 3.28. The molecule has 0 aliphatic heterocycles. The Morgan fingerprint density at radius 3 is 2.69 bits per heavy atom. The summed E-state index contributed by atoms with van der Waals surface area (Å²) in [6.45, 7) is 3.63. The maximum atomic E-state index is 5.44. The molecule has 0 aliphatic rings. The van der Waals surface area contributed by atoms with Crippen LogP contribution in [0.25, 0.3) is 0 Å². The average molecular weight is 240 g/mol. The van der Waals surface area contributed by atoms with E-state index in [1.54, 1.807) is 12.3 Å². The highest BCUT2D eigenvalue weighted by Crippen LogP contribution is 2.17. The molecule has 0 amide bonds. The van der Waals surface area contributed by atoms with Gasteiger partial charge in [-0.2, -0.15) is 0 Å². The lowest BCUT2D eigenvalue weighted by atomic mass is 10.1. The Bertz CT molecular complexity index is 324. The van der Waals surface area contributed by atoms with E-state index in [4.69, 9.17) is 11.2 Å². The van der Waals surface area contributed by atoms with Crippen LogP contribution < -0.4 is 4.74 Å². The zero-order valence-electron chi connectivity index (χ0n) is 7.54. The minimum absolute atomic E-state index is 0.533. The molecule has 0 atom stereocenters. The van der Waals surface area contributed by atoms with Crippen LogP contribution in [0, 0.1) is 12.3 Å². The smallest absolute Gasteiger partial charge is 0.214 e. The second kappa shape index (κ2) is 3.80. The third-order valence-corrected chi connectivity index (χ3v) is 1.88. The van der Waals surface area contributed by atoms with Crippen molar-refractivity contribution in [3.05, 3.63) is 22.8 Å². The van der Waals surface area contributed by atoms with E-state index in [0.29, 0.717) is 5.88 Å². The number of terminal acetylenes is 1. The molecule has 3 heteroatoms. The van der Waals surface area contributed by atoms with Crippen LogP contribution in [-0.2, 0) is 0 Å². The fourth-order valence-corrected chi connectivity index (χ4v) is 0.948. The van der Waals surface area contributed by atoms with Crippen LogP contribution in [0.1, 0.15) is 13.8 Å². The molecule has 0 aliphatic carbocycles. The van der Waals surface area contributed by atoms with Crippen molar-refractivity contribution in [2.75, 3.05) is 0 Å². The number of aromatic nitrogens is 1. The lowest BCUT2D eigenvalue weighted by Crippen LogP contribution is -2.25. The molecule has 0 spiro atoms. The minimum atomic E-state index is -0.610. The molecular formula is C10H10BrNO. The number of hydrogen-bond donors (Lipinski definition) is 0. The second-order valence-electron chi connectivity index (χ2n) is 3.07. The van der Waals surface area contributed by atoms with Crippen molar-refractivity contribution in [2.45, 2.75) is 19.4 Å². The Hall–Kier alpha value is -1.01. The van der Waals surface area contributed by atoms with Crippen molar-refractivity contribution in [2.24, 2.45) is 0 Å². The van der Waals surface area contributed by atoms with Crippen LogP contribution >= 0.6 is 15.9 Å². The number of ether oxygens (including phenoxy) is 1. The minimum Gasteiger partial charge on any atom is -0.458 e. The number of nitrogens with zero attached hydrogens (tertiary/aromatic N) is 1. The number of hydrogen-bond acceptors (Lipinski definition) is 2. The first-order valence-electron chi connectivity index (χ1n) is 3.82. The molecule has 1 rings (SSSR count). The van der Waals surface area contributed by atoms with Crippen molar-refractivity contribution in [1.82, 2.24) is 4.98 Å². The third-order valence-electron chi connectivity index (χ3n) is 1.41. The molecule has 0 unspecified atom stereocenters. The summed E-state index contributed by atoms with van der Waals surface area (Å²) in [5.74, 6) is 3.06. The van der Waals surface area contributed by atoms with E-state index in [2.05, 4.69) is 26.8 Å². The first-order valence-corrected chi connectivity index (χ1v) is 4.61. The van der Waals surface area contributed by atoms with E-state index in [9.17, 15) is 0 Å². The van der Waals surface area contributed by atoms with Gasteiger partial charge in [0.2, 0.25) is 5.88 Å². The van der Waals surface area contributed by atoms with Crippen LogP contribution in [0.3, 0.4) is 0 Å². The van der Waals surface area contributed by atoms with Gasteiger partial charge in [-0.1, -0.05) is 5.92 Å². The van der Waals surface area contributed by atoms with Crippen LogP contribution in [0.5, 0.6) is 5.88 Å². The van der Waals surface area contributed by atoms with Crippen LogP contribution in [0.4, 0.5) is 0 Å². The molecule has 13 heavy (non-hydrogen) atoms. The monoisotopic (exact) mass is 239 g/mol. The predicted octanol–water partition coefficient (Wildman–Crippen LogP) is 2.63. The Kier molecular flexibility index (Phi) is 2.94. The zero-order valence-corrected chi connectivity index (χ0v) is 9.13. The van der Waals surface area contributed by atoms with Gasteiger partial charge < -0.3 is 4.74 Å². The summed E-state index contributed by atoms with van der Waals surface area (Å²) in [7, 11) is 0. The molecule has 0 N–H and O–H groups in total. The highest BCUT2D eigenvalue weighted by atomic mass is 79.9. The van der Waals surface area contributed by atoms with Gasteiger partial charge in [-0.05, 0) is 35.8 Å². The maximum absolute atomic E-state index is 5.44. The Balaban J connectivity index is 2.77. The molecule has 68 valence electrons. The number of halogens is 1. The highest BCUT2D eigenvalue weighted by Gasteiger charge is 2.15. The molecule has 0 aromatic carbocycles. The topological polar surface area (TPSA) is 22.1 Å². The van der Waals surface area contributed by atoms with E-state index < -0.39 is 5.60 Å². The standard InChI is InChI=1S/C10H10BrNO/c1-4-10(2,3)13-9-6-5-8(11)7-12-9/h1,5-7H,2-3H3. The molecule has 0 saturated carbocycles. The van der Waals surface area contributed by atoms with Gasteiger partial charge in [-0.15, -0.1) is 6.42 Å². The number of pyridine rings is 1. The molecule has 0 radical (unpaired) electrons. The van der Waals surface area contributed by atoms with Gasteiger partial charge >= 0.3 is 0 Å². The molecule has 1 aromatic rings. The molecule has 1 heterocycles. The third kappa shape index (κ3) is 3.08. The van der Waals surface area contributed by atoms with Gasteiger partial charge in [0, 0.05) is 16.7 Å². The molecule has 1 aromatic heterocycles. The van der Waals surface area contributed by atoms with E-state index >= 15 is 0 Å². The largest absolute Gasteiger partial charge is 0.458 e. The van der Waals surface area contributed by atoms with Gasteiger partial charge in [-0.3, -0.25) is 0 Å². The average Bonchev–Trinajstić information content (AvgIpc) is 2.09. The zero-order chi connectivity index (χ0) is 9.90.